The highest BCUT2D eigenvalue weighted by Gasteiger charge is 2.44. The van der Waals surface area contributed by atoms with Crippen molar-refractivity contribution in [3.63, 3.8) is 0 Å². The number of unbranched alkanes of at least 4 members (excludes halogenated alkanes) is 29. The van der Waals surface area contributed by atoms with Crippen LogP contribution in [0.2, 0.25) is 0 Å². The van der Waals surface area contributed by atoms with Crippen LogP contribution in [0, 0.1) is 0 Å². The number of rotatable bonds is 43. The summed E-state index contributed by atoms with van der Waals surface area (Å²) in [7, 11) is 0. The molecule has 0 aromatic rings. The van der Waals surface area contributed by atoms with E-state index in [2.05, 4.69) is 43.5 Å². The summed E-state index contributed by atoms with van der Waals surface area (Å²) in [5.74, 6) is -0.191. The van der Waals surface area contributed by atoms with E-state index in [0.717, 1.165) is 44.9 Å². The fourth-order valence-corrected chi connectivity index (χ4v) is 8.07. The minimum atomic E-state index is -1.57. The van der Waals surface area contributed by atoms with E-state index in [1.807, 2.05) is 6.08 Å². The van der Waals surface area contributed by atoms with Gasteiger partial charge in [-0.05, 0) is 44.9 Å². The average molecular weight is 864 g/mol. The van der Waals surface area contributed by atoms with Crippen LogP contribution in [0.15, 0.2) is 36.5 Å². The lowest BCUT2D eigenvalue weighted by atomic mass is 9.99. The van der Waals surface area contributed by atoms with Crippen LogP contribution >= 0.6 is 0 Å². The summed E-state index contributed by atoms with van der Waals surface area (Å²) < 4.78 is 11.2. The number of aliphatic hydroxyl groups is 5. The van der Waals surface area contributed by atoms with Crippen LogP contribution < -0.4 is 5.32 Å². The van der Waals surface area contributed by atoms with Crippen LogP contribution in [0.5, 0.6) is 0 Å². The molecule has 1 amide bonds. The molecule has 1 saturated heterocycles. The summed E-state index contributed by atoms with van der Waals surface area (Å²) in [6, 6.07) is -0.824. The Balaban J connectivity index is 2.28. The molecule has 0 radical (unpaired) electrons. The molecule has 0 saturated carbocycles. The minimum absolute atomic E-state index is 0.191. The van der Waals surface area contributed by atoms with Crippen LogP contribution in [0.1, 0.15) is 232 Å². The predicted octanol–water partition coefficient (Wildman–Crippen LogP) is 11.6. The molecule has 358 valence electrons. The Kier molecular flexibility index (Phi) is 39.9. The van der Waals surface area contributed by atoms with E-state index >= 15 is 0 Å². The van der Waals surface area contributed by atoms with Gasteiger partial charge in [-0.1, -0.05) is 217 Å². The standard InChI is InChI=1S/C52H97NO8/c1-3-5-7-9-11-13-15-17-18-19-20-21-22-23-24-25-26-27-28-29-30-31-33-35-37-39-41-46(55)45(44-60-52-51(59)50(58)49(57)47(43-54)61-52)53-48(56)42-40-38-36-34-32-16-14-12-10-8-6-4-2/h27-28,31,33,39,41,45-47,49-52,54-55,57-59H,3-26,29-30,32,34-38,40,42-44H2,1-2H3,(H,53,56)/b28-27+,33-31+,41-39+. The van der Waals surface area contributed by atoms with E-state index < -0.39 is 49.5 Å². The van der Waals surface area contributed by atoms with Gasteiger partial charge in [0.2, 0.25) is 5.91 Å². The maximum absolute atomic E-state index is 12.9. The molecule has 1 fully saturated rings. The van der Waals surface area contributed by atoms with Crippen molar-refractivity contribution in [1.29, 1.82) is 0 Å². The van der Waals surface area contributed by atoms with Gasteiger partial charge in [0.1, 0.15) is 24.4 Å². The Morgan fingerprint density at radius 2 is 0.934 bits per heavy atom. The number of nitrogens with one attached hydrogen (secondary N) is 1. The molecule has 7 atom stereocenters. The van der Waals surface area contributed by atoms with Crippen LogP contribution in [0.3, 0.4) is 0 Å². The molecule has 0 bridgehead atoms. The van der Waals surface area contributed by atoms with Gasteiger partial charge < -0.3 is 40.3 Å². The quantitative estimate of drug-likeness (QED) is 0.0262. The second-order valence-electron chi connectivity index (χ2n) is 18.0. The molecule has 7 unspecified atom stereocenters. The molecule has 1 heterocycles. The van der Waals surface area contributed by atoms with Gasteiger partial charge in [-0.25, -0.2) is 0 Å². The number of amides is 1. The number of carbonyl (C=O) groups is 1. The molecule has 1 aliphatic rings. The summed E-state index contributed by atoms with van der Waals surface area (Å²) in [6.45, 7) is 3.76. The van der Waals surface area contributed by atoms with E-state index in [9.17, 15) is 30.3 Å². The predicted molar refractivity (Wildman–Crippen MR) is 253 cm³/mol. The first kappa shape index (κ1) is 57.4. The first-order valence-electron chi connectivity index (χ1n) is 25.7. The first-order chi connectivity index (χ1) is 29.8. The molecule has 9 heteroatoms. The van der Waals surface area contributed by atoms with Gasteiger partial charge in [-0.15, -0.1) is 0 Å². The number of hydrogen-bond donors (Lipinski definition) is 6. The molecule has 1 aliphatic heterocycles. The monoisotopic (exact) mass is 864 g/mol. The number of aliphatic hydroxyl groups excluding tert-OH is 5. The van der Waals surface area contributed by atoms with E-state index in [4.69, 9.17) is 9.47 Å². The number of hydrogen-bond acceptors (Lipinski definition) is 8. The Bertz CT molecular complexity index is 1050. The summed E-state index contributed by atoms with van der Waals surface area (Å²) >= 11 is 0. The lowest BCUT2D eigenvalue weighted by molar-refractivity contribution is -0.302. The topological polar surface area (TPSA) is 149 Å². The molecule has 0 aromatic carbocycles. The van der Waals surface area contributed by atoms with Crippen molar-refractivity contribution in [2.75, 3.05) is 13.2 Å². The zero-order valence-electron chi connectivity index (χ0n) is 39.4. The first-order valence-corrected chi connectivity index (χ1v) is 25.7. The molecule has 0 aliphatic carbocycles. The smallest absolute Gasteiger partial charge is 0.220 e. The third-order valence-electron chi connectivity index (χ3n) is 12.2. The van der Waals surface area contributed by atoms with Crippen LogP contribution in [0.4, 0.5) is 0 Å². The van der Waals surface area contributed by atoms with Gasteiger partial charge in [-0.2, -0.15) is 0 Å². The molecular formula is C52H97NO8. The molecule has 1 rings (SSSR count). The van der Waals surface area contributed by atoms with E-state index in [1.165, 1.54) is 167 Å². The Morgan fingerprint density at radius 3 is 1.38 bits per heavy atom. The van der Waals surface area contributed by atoms with Crippen LogP contribution in [-0.4, -0.2) is 87.5 Å². The highest BCUT2D eigenvalue weighted by atomic mass is 16.7. The Labute approximate surface area is 374 Å². The largest absolute Gasteiger partial charge is 0.394 e. The van der Waals surface area contributed by atoms with Gasteiger partial charge in [0, 0.05) is 6.42 Å². The van der Waals surface area contributed by atoms with Crippen molar-refractivity contribution in [3.8, 4) is 0 Å². The summed E-state index contributed by atoms with van der Waals surface area (Å²) in [6.07, 6.45) is 46.4. The van der Waals surface area contributed by atoms with Gasteiger partial charge in [0.15, 0.2) is 6.29 Å². The molecule has 9 nitrogen and oxygen atoms in total. The van der Waals surface area contributed by atoms with E-state index in [0.29, 0.717) is 6.42 Å². The normalized spacial score (nSPS) is 20.7. The Morgan fingerprint density at radius 1 is 0.541 bits per heavy atom. The number of ether oxygens (including phenoxy) is 2. The lowest BCUT2D eigenvalue weighted by Crippen LogP contribution is -2.60. The van der Waals surface area contributed by atoms with Gasteiger partial charge in [-0.3, -0.25) is 4.79 Å². The third kappa shape index (κ3) is 32.7. The molecular weight excluding hydrogens is 767 g/mol. The van der Waals surface area contributed by atoms with E-state index in [1.54, 1.807) is 6.08 Å². The molecule has 6 N–H and O–H groups in total. The third-order valence-corrected chi connectivity index (χ3v) is 12.2. The van der Waals surface area contributed by atoms with Gasteiger partial charge in [0.05, 0.1) is 25.4 Å². The fourth-order valence-electron chi connectivity index (χ4n) is 8.07. The zero-order valence-corrected chi connectivity index (χ0v) is 39.4. The maximum atomic E-state index is 12.9. The summed E-state index contributed by atoms with van der Waals surface area (Å²) in [4.78, 5) is 12.9. The summed E-state index contributed by atoms with van der Waals surface area (Å²) in [5, 5.41) is 54.2. The number of carbonyl (C=O) groups excluding carboxylic acids is 1. The highest BCUT2D eigenvalue weighted by molar-refractivity contribution is 5.76. The summed E-state index contributed by atoms with van der Waals surface area (Å²) in [5.41, 5.74) is 0. The molecule has 0 aromatic heterocycles. The number of allylic oxidation sites excluding steroid dienone is 5. The van der Waals surface area contributed by atoms with Crippen molar-refractivity contribution in [2.24, 2.45) is 0 Å². The van der Waals surface area contributed by atoms with Crippen molar-refractivity contribution in [2.45, 2.75) is 275 Å². The van der Waals surface area contributed by atoms with Crippen LogP contribution in [0.25, 0.3) is 0 Å². The van der Waals surface area contributed by atoms with Crippen molar-refractivity contribution >= 4 is 5.91 Å². The second-order valence-corrected chi connectivity index (χ2v) is 18.0. The maximum Gasteiger partial charge on any atom is 0.220 e. The minimum Gasteiger partial charge on any atom is -0.394 e. The van der Waals surface area contributed by atoms with Crippen LogP contribution in [-0.2, 0) is 14.3 Å². The zero-order chi connectivity index (χ0) is 44.4. The second kappa shape index (κ2) is 42.4. The Hall–Kier alpha value is -1.59. The van der Waals surface area contributed by atoms with Gasteiger partial charge >= 0.3 is 0 Å². The molecule has 61 heavy (non-hydrogen) atoms. The molecule has 0 spiro atoms. The average Bonchev–Trinajstić information content (AvgIpc) is 3.26. The van der Waals surface area contributed by atoms with Crippen molar-refractivity contribution in [1.82, 2.24) is 5.32 Å². The SMILES string of the molecule is CCCCCCCCCCCCCCCCCC/C=C/CC/C=C/CC/C=C/C(O)C(COC1OC(CO)C(O)C(O)C1O)NC(=O)CCCCCCCCCCCCCC. The van der Waals surface area contributed by atoms with Crippen molar-refractivity contribution in [3.05, 3.63) is 36.5 Å². The van der Waals surface area contributed by atoms with Gasteiger partial charge in [0.25, 0.3) is 0 Å². The lowest BCUT2D eigenvalue weighted by Gasteiger charge is -2.40. The van der Waals surface area contributed by atoms with Crippen molar-refractivity contribution < 1.29 is 39.8 Å². The van der Waals surface area contributed by atoms with E-state index in [-0.39, 0.29) is 12.5 Å². The fraction of sp³-hybridized carbons (Fsp3) is 0.865. The highest BCUT2D eigenvalue weighted by Crippen LogP contribution is 2.23.